The number of fused-ring (bicyclic) bond motifs is 1. The van der Waals surface area contributed by atoms with E-state index in [4.69, 9.17) is 0 Å². The third-order valence-corrected chi connectivity index (χ3v) is 2.78. The number of benzene rings is 1. The quantitative estimate of drug-likeness (QED) is 0.730. The fraction of sp³-hybridized carbons (Fsp3) is 0.0833. The van der Waals surface area contributed by atoms with Crippen LogP contribution in [0.15, 0.2) is 36.7 Å². The number of aromatic nitrogens is 2. The van der Waals surface area contributed by atoms with Crippen LogP contribution in [0, 0.1) is 0 Å². The summed E-state index contributed by atoms with van der Waals surface area (Å²) in [5.41, 5.74) is 0.989. The highest BCUT2D eigenvalue weighted by atomic mass is 16.2. The molecule has 3 rings (SSSR count). The van der Waals surface area contributed by atoms with Gasteiger partial charge in [0, 0.05) is 23.5 Å². The van der Waals surface area contributed by atoms with Crippen molar-refractivity contribution in [1.82, 2.24) is 9.97 Å². The van der Waals surface area contributed by atoms with E-state index < -0.39 is 5.92 Å². The summed E-state index contributed by atoms with van der Waals surface area (Å²) < 4.78 is 0. The molecular weight excluding hydrogens is 204 g/mol. The average Bonchev–Trinajstić information content (AvgIpc) is 2.89. The van der Waals surface area contributed by atoms with E-state index in [1.807, 2.05) is 0 Å². The first-order valence-corrected chi connectivity index (χ1v) is 4.96. The summed E-state index contributed by atoms with van der Waals surface area (Å²) in [5.74, 6) is -0.704. The van der Waals surface area contributed by atoms with Crippen LogP contribution in [0.25, 0.3) is 0 Å². The van der Waals surface area contributed by atoms with E-state index in [1.54, 1.807) is 36.7 Å². The van der Waals surface area contributed by atoms with Gasteiger partial charge >= 0.3 is 0 Å². The van der Waals surface area contributed by atoms with Crippen molar-refractivity contribution in [2.24, 2.45) is 0 Å². The normalized spacial score (nSPS) is 15.5. The number of hydrogen-bond donors (Lipinski definition) is 1. The molecule has 0 saturated carbocycles. The van der Waals surface area contributed by atoms with Crippen molar-refractivity contribution in [3.63, 3.8) is 0 Å². The maximum absolute atomic E-state index is 12.0. The molecule has 1 aromatic heterocycles. The van der Waals surface area contributed by atoms with E-state index in [0.29, 0.717) is 17.0 Å². The standard InChI is InChI=1S/C12H8N2O2/c15-10-7-3-1-2-4-8(7)11(16)9(10)12-13-5-6-14-12/h1-6,9H,(H,13,14). The van der Waals surface area contributed by atoms with Crippen LogP contribution in [0.5, 0.6) is 0 Å². The van der Waals surface area contributed by atoms with Gasteiger partial charge in [0.1, 0.15) is 11.7 Å². The predicted octanol–water partition coefficient (Wildman–Crippen LogP) is 1.57. The van der Waals surface area contributed by atoms with Crippen molar-refractivity contribution in [2.45, 2.75) is 5.92 Å². The molecule has 0 bridgehead atoms. The number of nitrogens with one attached hydrogen (secondary N) is 1. The molecule has 0 amide bonds. The molecule has 0 fully saturated rings. The van der Waals surface area contributed by atoms with Crippen LogP contribution in [0.3, 0.4) is 0 Å². The largest absolute Gasteiger partial charge is 0.348 e. The highest BCUT2D eigenvalue weighted by Gasteiger charge is 2.40. The second kappa shape index (κ2) is 3.13. The Hall–Kier alpha value is -2.23. The molecule has 1 N–H and O–H groups in total. The van der Waals surface area contributed by atoms with E-state index in [9.17, 15) is 9.59 Å². The molecule has 0 radical (unpaired) electrons. The SMILES string of the molecule is O=C1c2ccccc2C(=O)C1c1ncc[nH]1. The third kappa shape index (κ3) is 1.07. The molecule has 1 aliphatic rings. The lowest BCUT2D eigenvalue weighted by Gasteiger charge is -2.01. The zero-order valence-corrected chi connectivity index (χ0v) is 8.31. The van der Waals surface area contributed by atoms with Crippen LogP contribution in [0.4, 0.5) is 0 Å². The van der Waals surface area contributed by atoms with Gasteiger partial charge in [-0.25, -0.2) is 4.98 Å². The molecular formula is C12H8N2O2. The van der Waals surface area contributed by atoms with E-state index in [-0.39, 0.29) is 11.6 Å². The van der Waals surface area contributed by atoms with E-state index in [0.717, 1.165) is 0 Å². The second-order valence-corrected chi connectivity index (χ2v) is 3.68. The van der Waals surface area contributed by atoms with Gasteiger partial charge < -0.3 is 4.98 Å². The number of rotatable bonds is 1. The van der Waals surface area contributed by atoms with Gasteiger partial charge in [0.15, 0.2) is 11.6 Å². The predicted molar refractivity (Wildman–Crippen MR) is 56.4 cm³/mol. The fourth-order valence-electron chi connectivity index (χ4n) is 2.03. The summed E-state index contributed by atoms with van der Waals surface area (Å²) in [6.45, 7) is 0. The first kappa shape index (κ1) is 9.03. The average molecular weight is 212 g/mol. The summed E-state index contributed by atoms with van der Waals surface area (Å²) in [6, 6.07) is 6.88. The van der Waals surface area contributed by atoms with Crippen molar-refractivity contribution in [1.29, 1.82) is 0 Å². The first-order valence-electron chi connectivity index (χ1n) is 4.96. The Labute approximate surface area is 91.3 Å². The minimum atomic E-state index is -0.785. The minimum absolute atomic E-state index is 0.171. The third-order valence-electron chi connectivity index (χ3n) is 2.78. The number of carbonyl (C=O) groups excluding carboxylic acids is 2. The Balaban J connectivity index is 2.15. The Morgan fingerprint density at radius 2 is 1.69 bits per heavy atom. The number of nitrogens with zero attached hydrogens (tertiary/aromatic N) is 1. The molecule has 1 aliphatic carbocycles. The summed E-state index contributed by atoms with van der Waals surface area (Å²) in [4.78, 5) is 30.9. The van der Waals surface area contributed by atoms with Gasteiger partial charge in [0.25, 0.3) is 0 Å². The number of Topliss-reactive ketones (excluding diaryl/α,β-unsaturated/α-hetero) is 2. The highest BCUT2D eigenvalue weighted by Crippen LogP contribution is 2.31. The highest BCUT2D eigenvalue weighted by molar-refractivity contribution is 6.29. The molecule has 0 unspecified atom stereocenters. The maximum atomic E-state index is 12.0. The number of carbonyl (C=O) groups is 2. The summed E-state index contributed by atoms with van der Waals surface area (Å²) in [7, 11) is 0. The summed E-state index contributed by atoms with van der Waals surface area (Å²) >= 11 is 0. The van der Waals surface area contributed by atoms with Crippen LogP contribution in [-0.4, -0.2) is 21.5 Å². The number of ketones is 2. The Morgan fingerprint density at radius 1 is 1.06 bits per heavy atom. The van der Waals surface area contributed by atoms with Crippen LogP contribution in [0.1, 0.15) is 32.5 Å². The first-order chi connectivity index (χ1) is 7.79. The zero-order chi connectivity index (χ0) is 11.1. The van der Waals surface area contributed by atoms with Crippen LogP contribution < -0.4 is 0 Å². The number of aromatic amines is 1. The number of hydrogen-bond acceptors (Lipinski definition) is 3. The molecule has 2 aromatic rings. The van der Waals surface area contributed by atoms with Gasteiger partial charge in [-0.05, 0) is 0 Å². The Bertz CT molecular complexity index is 537. The fourth-order valence-corrected chi connectivity index (χ4v) is 2.03. The molecule has 0 atom stereocenters. The summed E-state index contributed by atoms with van der Waals surface area (Å²) in [5, 5.41) is 0. The lowest BCUT2D eigenvalue weighted by atomic mass is 10.0. The topological polar surface area (TPSA) is 62.8 Å². The Morgan fingerprint density at radius 3 is 2.19 bits per heavy atom. The second-order valence-electron chi connectivity index (χ2n) is 3.68. The van der Waals surface area contributed by atoms with Crippen LogP contribution in [0.2, 0.25) is 0 Å². The molecule has 4 nitrogen and oxygen atoms in total. The van der Waals surface area contributed by atoms with Crippen molar-refractivity contribution in [2.75, 3.05) is 0 Å². The molecule has 1 heterocycles. The van der Waals surface area contributed by atoms with Gasteiger partial charge in [-0.15, -0.1) is 0 Å². The van der Waals surface area contributed by atoms with Crippen molar-refractivity contribution >= 4 is 11.6 Å². The van der Waals surface area contributed by atoms with E-state index in [1.165, 1.54) is 0 Å². The molecule has 16 heavy (non-hydrogen) atoms. The lowest BCUT2D eigenvalue weighted by molar-refractivity contribution is 0.0886. The number of H-pyrrole nitrogens is 1. The van der Waals surface area contributed by atoms with E-state index in [2.05, 4.69) is 9.97 Å². The van der Waals surface area contributed by atoms with Crippen LogP contribution in [-0.2, 0) is 0 Å². The minimum Gasteiger partial charge on any atom is -0.348 e. The van der Waals surface area contributed by atoms with Crippen LogP contribution >= 0.6 is 0 Å². The van der Waals surface area contributed by atoms with Gasteiger partial charge in [-0.3, -0.25) is 9.59 Å². The van der Waals surface area contributed by atoms with Crippen molar-refractivity contribution in [3.8, 4) is 0 Å². The molecule has 4 heteroatoms. The molecule has 78 valence electrons. The lowest BCUT2D eigenvalue weighted by Crippen LogP contribution is -2.14. The molecule has 0 saturated heterocycles. The maximum Gasteiger partial charge on any atom is 0.182 e. The Kier molecular flexibility index (Phi) is 1.77. The van der Waals surface area contributed by atoms with Gasteiger partial charge in [-0.2, -0.15) is 0 Å². The van der Waals surface area contributed by atoms with Gasteiger partial charge in [0.05, 0.1) is 0 Å². The zero-order valence-electron chi connectivity index (χ0n) is 8.31. The van der Waals surface area contributed by atoms with Crippen molar-refractivity contribution in [3.05, 3.63) is 53.6 Å². The van der Waals surface area contributed by atoms with E-state index >= 15 is 0 Å². The molecule has 1 aromatic carbocycles. The number of imidazole rings is 1. The van der Waals surface area contributed by atoms with Crippen molar-refractivity contribution < 1.29 is 9.59 Å². The van der Waals surface area contributed by atoms with Gasteiger partial charge in [-0.1, -0.05) is 24.3 Å². The molecule has 0 aliphatic heterocycles. The molecule has 0 spiro atoms. The monoisotopic (exact) mass is 212 g/mol. The smallest absolute Gasteiger partial charge is 0.182 e. The van der Waals surface area contributed by atoms with Gasteiger partial charge in [0.2, 0.25) is 0 Å². The summed E-state index contributed by atoms with van der Waals surface area (Å²) in [6.07, 6.45) is 3.15.